The summed E-state index contributed by atoms with van der Waals surface area (Å²) in [7, 11) is 0. The zero-order valence-corrected chi connectivity index (χ0v) is 29.4. The first-order chi connectivity index (χ1) is 26.7. The molecule has 10 rings (SSSR count). The number of benzene rings is 8. The van der Waals surface area contributed by atoms with E-state index in [-0.39, 0.29) is 0 Å². The standard InChI is InChI=1S/C51H33N3/c1-3-16-43-37(10-1)12-8-20-47(43)50-32-49(38-27-25-35(26-28-38)34-21-23-36(24-22-34)42-15-9-29-52-33-42)53-51(54-50)41-14-7-13-39(30-41)48-31-40-11-2-4-17-44(40)45-18-5-6-19-46(45)48/h1-33H. The van der Waals surface area contributed by atoms with Crippen LogP contribution in [0.15, 0.2) is 200 Å². The highest BCUT2D eigenvalue weighted by Gasteiger charge is 2.15. The second kappa shape index (κ2) is 13.4. The van der Waals surface area contributed by atoms with E-state index >= 15 is 0 Å². The lowest BCUT2D eigenvalue weighted by Crippen LogP contribution is -1.97. The summed E-state index contributed by atoms with van der Waals surface area (Å²) >= 11 is 0. The molecule has 10 aromatic rings. The molecule has 0 atom stereocenters. The number of fused-ring (bicyclic) bond motifs is 4. The van der Waals surface area contributed by atoms with E-state index in [4.69, 9.17) is 9.97 Å². The van der Waals surface area contributed by atoms with Crippen LogP contribution in [0.4, 0.5) is 0 Å². The van der Waals surface area contributed by atoms with Gasteiger partial charge in [-0.15, -0.1) is 0 Å². The fourth-order valence-corrected chi connectivity index (χ4v) is 7.65. The summed E-state index contributed by atoms with van der Waals surface area (Å²) in [6, 6.07) is 66.7. The summed E-state index contributed by atoms with van der Waals surface area (Å²) in [5, 5.41) is 7.31. The molecule has 0 aliphatic heterocycles. The molecule has 0 fully saturated rings. The highest BCUT2D eigenvalue weighted by atomic mass is 14.9. The number of rotatable bonds is 6. The second-order valence-corrected chi connectivity index (χ2v) is 13.7. The fourth-order valence-electron chi connectivity index (χ4n) is 7.65. The van der Waals surface area contributed by atoms with Crippen molar-refractivity contribution in [2.45, 2.75) is 0 Å². The van der Waals surface area contributed by atoms with Crippen LogP contribution in [0.5, 0.6) is 0 Å². The van der Waals surface area contributed by atoms with Crippen LogP contribution in [0.3, 0.4) is 0 Å². The highest BCUT2D eigenvalue weighted by Crippen LogP contribution is 2.38. The minimum Gasteiger partial charge on any atom is -0.264 e. The molecule has 0 N–H and O–H groups in total. The van der Waals surface area contributed by atoms with Crippen molar-refractivity contribution in [1.29, 1.82) is 0 Å². The lowest BCUT2D eigenvalue weighted by molar-refractivity contribution is 1.19. The van der Waals surface area contributed by atoms with Crippen LogP contribution in [-0.4, -0.2) is 15.0 Å². The van der Waals surface area contributed by atoms with Crippen molar-refractivity contribution in [3.63, 3.8) is 0 Å². The molecule has 0 aliphatic rings. The van der Waals surface area contributed by atoms with Crippen LogP contribution < -0.4 is 0 Å². The molecule has 8 aromatic carbocycles. The third-order valence-corrected chi connectivity index (χ3v) is 10.4. The maximum atomic E-state index is 5.28. The van der Waals surface area contributed by atoms with Gasteiger partial charge in [0.25, 0.3) is 0 Å². The zero-order chi connectivity index (χ0) is 35.8. The largest absolute Gasteiger partial charge is 0.264 e. The van der Waals surface area contributed by atoms with E-state index < -0.39 is 0 Å². The summed E-state index contributed by atoms with van der Waals surface area (Å²) in [5.74, 6) is 0.692. The predicted octanol–water partition coefficient (Wildman–Crippen LogP) is 13.3. The van der Waals surface area contributed by atoms with E-state index in [0.717, 1.165) is 61.3 Å². The van der Waals surface area contributed by atoms with Crippen LogP contribution in [0.1, 0.15) is 0 Å². The Kier molecular flexibility index (Phi) is 7.81. The van der Waals surface area contributed by atoms with Crippen LogP contribution in [0, 0.1) is 0 Å². The highest BCUT2D eigenvalue weighted by molar-refractivity contribution is 6.13. The van der Waals surface area contributed by atoms with E-state index in [0.29, 0.717) is 5.82 Å². The Labute approximate surface area is 313 Å². The predicted molar refractivity (Wildman–Crippen MR) is 225 cm³/mol. The fraction of sp³-hybridized carbons (Fsp3) is 0. The van der Waals surface area contributed by atoms with Crippen molar-refractivity contribution in [2.75, 3.05) is 0 Å². The summed E-state index contributed by atoms with van der Waals surface area (Å²) in [5.41, 5.74) is 11.8. The van der Waals surface area contributed by atoms with Gasteiger partial charge in [-0.3, -0.25) is 4.98 Å². The molecule has 2 aromatic heterocycles. The van der Waals surface area contributed by atoms with Gasteiger partial charge >= 0.3 is 0 Å². The Balaban J connectivity index is 1.09. The molecule has 3 heteroatoms. The van der Waals surface area contributed by atoms with Crippen molar-refractivity contribution in [3.05, 3.63) is 200 Å². The molecule has 0 saturated heterocycles. The van der Waals surface area contributed by atoms with Crippen LogP contribution in [0.25, 0.3) is 99.6 Å². The third-order valence-electron chi connectivity index (χ3n) is 10.4. The van der Waals surface area contributed by atoms with Gasteiger partial charge in [0.2, 0.25) is 0 Å². The first-order valence-corrected chi connectivity index (χ1v) is 18.2. The molecule has 2 heterocycles. The molecule has 0 aliphatic carbocycles. The molecule has 0 unspecified atom stereocenters. The Hall–Kier alpha value is -7.23. The smallest absolute Gasteiger partial charge is 0.160 e. The summed E-state index contributed by atoms with van der Waals surface area (Å²) in [6.45, 7) is 0. The van der Waals surface area contributed by atoms with Crippen molar-refractivity contribution >= 4 is 32.3 Å². The van der Waals surface area contributed by atoms with E-state index in [1.165, 1.54) is 32.5 Å². The quantitative estimate of drug-likeness (QED) is 0.163. The van der Waals surface area contributed by atoms with Crippen molar-refractivity contribution in [2.24, 2.45) is 0 Å². The minimum absolute atomic E-state index is 0.692. The van der Waals surface area contributed by atoms with Gasteiger partial charge in [-0.2, -0.15) is 0 Å². The zero-order valence-electron chi connectivity index (χ0n) is 29.4. The Bertz CT molecular complexity index is 2960. The molecular formula is C51H33N3. The van der Waals surface area contributed by atoms with E-state index in [2.05, 4.69) is 187 Å². The van der Waals surface area contributed by atoms with Gasteiger partial charge in [-0.1, -0.05) is 164 Å². The number of pyridine rings is 1. The summed E-state index contributed by atoms with van der Waals surface area (Å²) < 4.78 is 0. The van der Waals surface area contributed by atoms with E-state index in [1.54, 1.807) is 6.20 Å². The average Bonchev–Trinajstić information content (AvgIpc) is 3.26. The van der Waals surface area contributed by atoms with Gasteiger partial charge in [0, 0.05) is 29.1 Å². The van der Waals surface area contributed by atoms with Crippen LogP contribution in [0.2, 0.25) is 0 Å². The molecular weight excluding hydrogens is 655 g/mol. The van der Waals surface area contributed by atoms with Gasteiger partial charge in [0.05, 0.1) is 11.4 Å². The molecule has 0 amide bonds. The summed E-state index contributed by atoms with van der Waals surface area (Å²) in [4.78, 5) is 14.8. The number of nitrogens with zero attached hydrogens (tertiary/aromatic N) is 3. The molecule has 252 valence electrons. The number of hydrogen-bond donors (Lipinski definition) is 0. The average molecular weight is 688 g/mol. The molecule has 0 spiro atoms. The maximum absolute atomic E-state index is 5.28. The first-order valence-electron chi connectivity index (χ1n) is 18.2. The van der Waals surface area contributed by atoms with Crippen molar-refractivity contribution in [1.82, 2.24) is 15.0 Å². The van der Waals surface area contributed by atoms with Gasteiger partial charge < -0.3 is 0 Å². The van der Waals surface area contributed by atoms with Gasteiger partial charge in [0.15, 0.2) is 5.82 Å². The number of hydrogen-bond acceptors (Lipinski definition) is 3. The van der Waals surface area contributed by atoms with Gasteiger partial charge in [-0.05, 0) is 90.0 Å². The number of aromatic nitrogens is 3. The Morgan fingerprint density at radius 3 is 1.63 bits per heavy atom. The third kappa shape index (κ3) is 5.78. The van der Waals surface area contributed by atoms with Crippen LogP contribution >= 0.6 is 0 Å². The SMILES string of the molecule is c1cncc(-c2ccc(-c3ccc(-c4cc(-c5cccc6ccccc56)nc(-c5cccc(-c6cc7ccccc7c7ccccc67)c5)n4)cc3)cc2)c1. The Morgan fingerprint density at radius 1 is 0.296 bits per heavy atom. The van der Waals surface area contributed by atoms with Crippen molar-refractivity contribution in [3.8, 4) is 67.3 Å². The lowest BCUT2D eigenvalue weighted by Gasteiger charge is -2.14. The molecule has 3 nitrogen and oxygen atoms in total. The van der Waals surface area contributed by atoms with Crippen molar-refractivity contribution < 1.29 is 0 Å². The topological polar surface area (TPSA) is 38.7 Å². The first kappa shape index (κ1) is 31.5. The van der Waals surface area contributed by atoms with E-state index in [9.17, 15) is 0 Å². The normalized spacial score (nSPS) is 11.3. The molecule has 0 saturated carbocycles. The van der Waals surface area contributed by atoms with Crippen LogP contribution in [-0.2, 0) is 0 Å². The lowest BCUT2D eigenvalue weighted by atomic mass is 9.92. The molecule has 54 heavy (non-hydrogen) atoms. The maximum Gasteiger partial charge on any atom is 0.160 e. The molecule has 0 bridgehead atoms. The summed E-state index contributed by atoms with van der Waals surface area (Å²) in [6.07, 6.45) is 3.70. The molecule has 0 radical (unpaired) electrons. The minimum atomic E-state index is 0.692. The van der Waals surface area contributed by atoms with Gasteiger partial charge in [-0.25, -0.2) is 9.97 Å². The monoisotopic (exact) mass is 687 g/mol. The Morgan fingerprint density at radius 2 is 0.870 bits per heavy atom. The van der Waals surface area contributed by atoms with Gasteiger partial charge in [0.1, 0.15) is 0 Å². The second-order valence-electron chi connectivity index (χ2n) is 13.7. The van der Waals surface area contributed by atoms with E-state index in [1.807, 2.05) is 12.3 Å².